The van der Waals surface area contributed by atoms with Crippen LogP contribution in [-0.4, -0.2) is 0 Å². The fraction of sp³-hybridized carbons (Fsp3) is 0.0400. The van der Waals surface area contributed by atoms with Crippen molar-refractivity contribution in [1.29, 1.82) is 0 Å². The van der Waals surface area contributed by atoms with Gasteiger partial charge in [0.1, 0.15) is 0 Å². The van der Waals surface area contributed by atoms with Crippen LogP contribution in [0.3, 0.4) is 0 Å². The smallest absolute Gasteiger partial charge is 0.0263 e. The van der Waals surface area contributed by atoms with E-state index in [1.165, 1.54) is 11.1 Å². The number of hydrogen-bond donors (Lipinski definition) is 0. The molecule has 128 valence electrons. The van der Waals surface area contributed by atoms with Gasteiger partial charge in [0.2, 0.25) is 0 Å². The molecule has 0 aliphatic heterocycles. The summed E-state index contributed by atoms with van der Waals surface area (Å²) < 4.78 is 0. The minimum absolute atomic E-state index is 1.06. The molecule has 2 aromatic carbocycles. The molecule has 0 aliphatic rings. The maximum atomic E-state index is 3.71. The summed E-state index contributed by atoms with van der Waals surface area (Å²) in [4.78, 5) is 0. The minimum Gasteiger partial charge on any atom is -0.0991 e. The molecule has 0 nitrogen and oxygen atoms in total. The van der Waals surface area contributed by atoms with Crippen molar-refractivity contribution >= 4 is 12.2 Å². The molecule has 0 aliphatic carbocycles. The molecule has 0 unspecified atom stereocenters. The zero-order valence-corrected chi connectivity index (χ0v) is 15.1. The van der Waals surface area contributed by atoms with Crippen LogP contribution in [0.15, 0.2) is 123 Å². The lowest BCUT2D eigenvalue weighted by Crippen LogP contribution is -1.63. The molecule has 0 radical (unpaired) electrons. The van der Waals surface area contributed by atoms with Crippen LogP contribution in [0.1, 0.15) is 18.1 Å². The molecule has 2 aromatic rings. The number of hydrogen-bond acceptors (Lipinski definition) is 0. The van der Waals surface area contributed by atoms with Gasteiger partial charge in [0, 0.05) is 0 Å². The van der Waals surface area contributed by atoms with Gasteiger partial charge in [0.15, 0.2) is 0 Å². The summed E-state index contributed by atoms with van der Waals surface area (Å²) in [5, 5.41) is 0. The molecule has 2 rings (SSSR count). The fourth-order valence-corrected chi connectivity index (χ4v) is 1.54. The molecule has 0 spiro atoms. The van der Waals surface area contributed by atoms with Crippen molar-refractivity contribution < 1.29 is 0 Å². The third kappa shape index (κ3) is 14.2. The first kappa shape index (κ1) is 21.9. The molecule has 25 heavy (non-hydrogen) atoms. The van der Waals surface area contributed by atoms with Crippen molar-refractivity contribution in [3.05, 3.63) is 134 Å². The van der Waals surface area contributed by atoms with Crippen LogP contribution in [0, 0.1) is 0 Å². The van der Waals surface area contributed by atoms with Crippen LogP contribution in [0.25, 0.3) is 12.2 Å². The second-order valence-electron chi connectivity index (χ2n) is 5.06. The molecule has 0 heterocycles. The van der Waals surface area contributed by atoms with Crippen LogP contribution in [0.2, 0.25) is 0 Å². The monoisotopic (exact) mass is 328 g/mol. The Morgan fingerprint density at radius 3 is 1.40 bits per heavy atom. The van der Waals surface area contributed by atoms with Crippen LogP contribution < -0.4 is 0 Å². The standard InChI is InChI=1S/C9H12.2C8H8/c1-4-5-6-7-8-9(2)3;2*1-2-8-6-4-3-5-7-8/h4-8H,1-2H2,3H3;2*2-7H,1H2/b6-5+,8-7+;;. The third-order valence-electron chi connectivity index (χ3n) is 2.81. The highest BCUT2D eigenvalue weighted by Crippen LogP contribution is 1.98. The van der Waals surface area contributed by atoms with E-state index in [1.807, 2.05) is 104 Å². The molecule has 0 bridgehead atoms. The van der Waals surface area contributed by atoms with E-state index in [0.29, 0.717) is 0 Å². The van der Waals surface area contributed by atoms with E-state index in [1.54, 1.807) is 6.08 Å². The van der Waals surface area contributed by atoms with Crippen molar-refractivity contribution in [2.24, 2.45) is 0 Å². The van der Waals surface area contributed by atoms with E-state index in [9.17, 15) is 0 Å². The summed E-state index contributed by atoms with van der Waals surface area (Å²) >= 11 is 0. The average Bonchev–Trinajstić information content (AvgIpc) is 2.67. The van der Waals surface area contributed by atoms with Gasteiger partial charge < -0.3 is 0 Å². The average molecular weight is 328 g/mol. The van der Waals surface area contributed by atoms with E-state index >= 15 is 0 Å². The molecule has 0 aromatic heterocycles. The Labute approximate surface area is 153 Å². The highest BCUT2D eigenvalue weighted by Gasteiger charge is 1.76. The molecule has 0 fully saturated rings. The van der Waals surface area contributed by atoms with Gasteiger partial charge in [-0.15, -0.1) is 0 Å². The van der Waals surface area contributed by atoms with Gasteiger partial charge >= 0.3 is 0 Å². The first-order valence-corrected chi connectivity index (χ1v) is 8.10. The normalized spacial score (nSPS) is 9.32. The first-order chi connectivity index (χ1) is 12.1. The Hall–Kier alpha value is -3.12. The van der Waals surface area contributed by atoms with Gasteiger partial charge in [-0.1, -0.05) is 135 Å². The maximum absolute atomic E-state index is 3.71. The van der Waals surface area contributed by atoms with E-state index in [4.69, 9.17) is 0 Å². The Morgan fingerprint density at radius 2 is 1.12 bits per heavy atom. The maximum Gasteiger partial charge on any atom is -0.0263 e. The van der Waals surface area contributed by atoms with Crippen LogP contribution >= 0.6 is 0 Å². The van der Waals surface area contributed by atoms with Crippen LogP contribution in [0.4, 0.5) is 0 Å². The van der Waals surface area contributed by atoms with E-state index in [-0.39, 0.29) is 0 Å². The lowest BCUT2D eigenvalue weighted by molar-refractivity contribution is 1.56. The lowest BCUT2D eigenvalue weighted by atomic mass is 10.2. The van der Waals surface area contributed by atoms with Gasteiger partial charge in [-0.3, -0.25) is 0 Å². The summed E-state index contributed by atoms with van der Waals surface area (Å²) in [5.74, 6) is 0. The second-order valence-corrected chi connectivity index (χ2v) is 5.06. The number of allylic oxidation sites excluding steroid dienone is 6. The van der Waals surface area contributed by atoms with E-state index in [2.05, 4.69) is 26.3 Å². The Morgan fingerprint density at radius 1 is 0.680 bits per heavy atom. The quantitative estimate of drug-likeness (QED) is 0.498. The topological polar surface area (TPSA) is 0 Å². The van der Waals surface area contributed by atoms with Gasteiger partial charge in [0.25, 0.3) is 0 Å². The summed E-state index contributed by atoms with van der Waals surface area (Å²) in [7, 11) is 0. The van der Waals surface area contributed by atoms with Crippen molar-refractivity contribution in [2.45, 2.75) is 6.92 Å². The molecule has 0 N–H and O–H groups in total. The lowest BCUT2D eigenvalue weighted by Gasteiger charge is -1.85. The van der Waals surface area contributed by atoms with Crippen LogP contribution in [0.5, 0.6) is 0 Å². The number of benzene rings is 2. The molecular formula is C25H28. The Balaban J connectivity index is 0.000000346. The zero-order chi connectivity index (χ0) is 18.8. The Kier molecular flexibility index (Phi) is 13.8. The predicted molar refractivity (Wildman–Crippen MR) is 116 cm³/mol. The van der Waals surface area contributed by atoms with E-state index in [0.717, 1.165) is 5.57 Å². The van der Waals surface area contributed by atoms with Gasteiger partial charge in [0.05, 0.1) is 0 Å². The van der Waals surface area contributed by atoms with Crippen molar-refractivity contribution in [1.82, 2.24) is 0 Å². The Bertz CT molecular complexity index is 627. The molecular weight excluding hydrogens is 300 g/mol. The predicted octanol–water partition coefficient (Wildman–Crippen LogP) is 7.52. The largest absolute Gasteiger partial charge is 0.0991 e. The summed E-state index contributed by atoms with van der Waals surface area (Å²) in [6, 6.07) is 20.1. The number of rotatable bonds is 5. The summed E-state index contributed by atoms with van der Waals surface area (Å²) in [5.41, 5.74) is 3.41. The molecule has 0 saturated heterocycles. The van der Waals surface area contributed by atoms with Gasteiger partial charge in [-0.2, -0.15) is 0 Å². The second kappa shape index (κ2) is 15.8. The van der Waals surface area contributed by atoms with Gasteiger partial charge in [-0.05, 0) is 18.1 Å². The third-order valence-corrected chi connectivity index (χ3v) is 2.81. The summed E-state index contributed by atoms with van der Waals surface area (Å²) in [6.07, 6.45) is 13.1. The van der Waals surface area contributed by atoms with E-state index < -0.39 is 0 Å². The fourth-order valence-electron chi connectivity index (χ4n) is 1.54. The van der Waals surface area contributed by atoms with Crippen molar-refractivity contribution in [3.8, 4) is 0 Å². The minimum atomic E-state index is 1.06. The van der Waals surface area contributed by atoms with Crippen LogP contribution in [-0.2, 0) is 0 Å². The highest BCUT2D eigenvalue weighted by atomic mass is 13.8. The van der Waals surface area contributed by atoms with Gasteiger partial charge in [-0.25, -0.2) is 0 Å². The van der Waals surface area contributed by atoms with Crippen molar-refractivity contribution in [3.63, 3.8) is 0 Å². The molecule has 0 saturated carbocycles. The SMILES string of the molecule is C=C/C=C/C=C/C(=C)C.C=Cc1ccccc1.C=Cc1ccccc1. The molecule has 0 amide bonds. The molecule has 0 atom stereocenters. The highest BCUT2D eigenvalue weighted by molar-refractivity contribution is 5.46. The first-order valence-electron chi connectivity index (χ1n) is 8.10. The molecule has 0 heteroatoms. The van der Waals surface area contributed by atoms with Crippen molar-refractivity contribution in [2.75, 3.05) is 0 Å². The zero-order valence-electron chi connectivity index (χ0n) is 15.1. The summed E-state index contributed by atoms with van der Waals surface area (Å²) in [6.45, 7) is 16.5.